The van der Waals surface area contributed by atoms with Gasteiger partial charge in [0, 0.05) is 0 Å². The molecule has 0 aromatic heterocycles. The Morgan fingerprint density at radius 3 is 2.24 bits per heavy atom. The zero-order chi connectivity index (χ0) is 15.6. The van der Waals surface area contributed by atoms with Gasteiger partial charge in [0.05, 0.1) is 10.5 Å². The average molecular weight is 316 g/mol. The van der Waals surface area contributed by atoms with E-state index in [1.165, 1.54) is 36.4 Å². The number of benzene rings is 2. The first kappa shape index (κ1) is 15.5. The van der Waals surface area contributed by atoms with Gasteiger partial charge in [0.25, 0.3) is 0 Å². The molecule has 0 bridgehead atoms. The third-order valence-electron chi connectivity index (χ3n) is 2.69. The zero-order valence-electron chi connectivity index (χ0n) is 10.8. The zero-order valence-corrected chi connectivity index (χ0v) is 11.7. The van der Waals surface area contributed by atoms with E-state index < -0.39 is 22.8 Å². The average Bonchev–Trinajstić information content (AvgIpc) is 2.40. The van der Waals surface area contributed by atoms with Gasteiger partial charge in [0.15, 0.2) is 11.1 Å². The van der Waals surface area contributed by atoms with Gasteiger partial charge in [-0.3, -0.25) is 0 Å². The van der Waals surface area contributed by atoms with Crippen molar-refractivity contribution in [2.24, 2.45) is 0 Å². The van der Waals surface area contributed by atoms with Crippen molar-refractivity contribution in [3.8, 4) is 11.5 Å². The van der Waals surface area contributed by atoms with E-state index in [1.807, 2.05) is 0 Å². The number of ether oxygens (including phenoxy) is 1. The molecule has 2 aromatic rings. The molecule has 1 N–H and O–H groups in total. The largest absolute Gasteiger partial charge is 0.457 e. The van der Waals surface area contributed by atoms with Crippen molar-refractivity contribution in [3.63, 3.8) is 0 Å². The summed E-state index contributed by atoms with van der Waals surface area (Å²) in [6.07, 6.45) is -4.52. The van der Waals surface area contributed by atoms with E-state index in [9.17, 15) is 17.4 Å². The summed E-state index contributed by atoms with van der Waals surface area (Å²) in [7, 11) is 0. The van der Waals surface area contributed by atoms with Gasteiger partial charge in [0.2, 0.25) is 0 Å². The lowest BCUT2D eigenvalue weighted by Crippen LogP contribution is -2.07. The summed E-state index contributed by atoms with van der Waals surface area (Å²) < 4.78 is 63.8. The number of hydrogen-bond donors (Lipinski definition) is 1. The van der Waals surface area contributed by atoms with Crippen LogP contribution in [0, 0.1) is 6.92 Å². The third kappa shape index (κ3) is 3.83. The fourth-order valence-electron chi connectivity index (χ4n) is 1.71. The van der Waals surface area contributed by atoms with Crippen LogP contribution in [0.4, 0.5) is 13.2 Å². The second-order valence-electron chi connectivity index (χ2n) is 4.32. The molecule has 0 aliphatic rings. The van der Waals surface area contributed by atoms with Gasteiger partial charge >= 0.3 is 6.18 Å². The number of hydrogen-bond acceptors (Lipinski definition) is 2. The Morgan fingerprint density at radius 1 is 1.10 bits per heavy atom. The minimum atomic E-state index is -4.52. The molecule has 0 aliphatic carbocycles. The van der Waals surface area contributed by atoms with E-state index in [1.54, 1.807) is 6.92 Å². The maximum atomic E-state index is 12.9. The van der Waals surface area contributed by atoms with Gasteiger partial charge in [-0.25, -0.2) is 4.21 Å². The molecule has 0 saturated heterocycles. The van der Waals surface area contributed by atoms with Gasteiger partial charge in [-0.2, -0.15) is 13.2 Å². The third-order valence-corrected chi connectivity index (χ3v) is 3.37. The first-order valence-corrected chi connectivity index (χ1v) is 6.94. The summed E-state index contributed by atoms with van der Waals surface area (Å²) in [5.74, 6) is -0.162. The second-order valence-corrected chi connectivity index (χ2v) is 5.29. The van der Waals surface area contributed by atoms with Crippen LogP contribution in [0.5, 0.6) is 11.5 Å². The van der Waals surface area contributed by atoms with Gasteiger partial charge in [-0.05, 0) is 43.3 Å². The molecule has 2 rings (SSSR count). The topological polar surface area (TPSA) is 46.5 Å². The lowest BCUT2D eigenvalue weighted by molar-refractivity contribution is -0.138. The van der Waals surface area contributed by atoms with Crippen molar-refractivity contribution in [1.82, 2.24) is 0 Å². The number of aryl methyl sites for hydroxylation is 1. The molecule has 21 heavy (non-hydrogen) atoms. The van der Waals surface area contributed by atoms with Crippen LogP contribution in [-0.4, -0.2) is 8.76 Å². The van der Waals surface area contributed by atoms with Crippen LogP contribution >= 0.6 is 0 Å². The summed E-state index contributed by atoms with van der Waals surface area (Å²) in [6, 6.07) is 9.07. The monoisotopic (exact) mass is 316 g/mol. The van der Waals surface area contributed by atoms with Crippen LogP contribution in [0.1, 0.15) is 11.1 Å². The minimum absolute atomic E-state index is 0.141. The predicted octanol–water partition coefficient (Wildman–Crippen LogP) is 4.39. The molecule has 0 amide bonds. The quantitative estimate of drug-likeness (QED) is 0.854. The van der Waals surface area contributed by atoms with Gasteiger partial charge in [-0.1, -0.05) is 11.6 Å². The Labute approximate surface area is 121 Å². The standard InChI is InChI=1S/C14H11F3O3S/c1-9-2-7-13(12(8-9)14(15,16)17)20-10-3-5-11(6-4-10)21(18)19/h2-8H,1H3,(H,18,19). The normalized spacial score (nSPS) is 13.0. The number of alkyl halides is 3. The Balaban J connectivity index is 2.33. The smallest absolute Gasteiger partial charge is 0.419 e. The number of rotatable bonds is 3. The van der Waals surface area contributed by atoms with Crippen LogP contribution in [0.15, 0.2) is 47.4 Å². The summed E-state index contributed by atoms with van der Waals surface area (Å²) in [4.78, 5) is 0.141. The summed E-state index contributed by atoms with van der Waals surface area (Å²) >= 11 is -2.14. The Morgan fingerprint density at radius 2 is 1.71 bits per heavy atom. The van der Waals surface area contributed by atoms with E-state index >= 15 is 0 Å². The molecule has 3 nitrogen and oxygen atoms in total. The van der Waals surface area contributed by atoms with Gasteiger partial charge in [0.1, 0.15) is 11.5 Å². The Hall–Kier alpha value is -1.86. The SMILES string of the molecule is Cc1ccc(Oc2ccc(S(=O)O)cc2)c(C(F)(F)F)c1. The highest BCUT2D eigenvalue weighted by Gasteiger charge is 2.34. The lowest BCUT2D eigenvalue weighted by Gasteiger charge is -2.14. The fraction of sp³-hybridized carbons (Fsp3) is 0.143. The van der Waals surface area contributed by atoms with Crippen molar-refractivity contribution in [2.75, 3.05) is 0 Å². The molecule has 112 valence electrons. The molecule has 0 fully saturated rings. The molecule has 0 aliphatic heterocycles. The van der Waals surface area contributed by atoms with Gasteiger partial charge < -0.3 is 9.29 Å². The molecule has 1 atom stereocenters. The molecule has 7 heteroatoms. The van der Waals surface area contributed by atoms with Gasteiger partial charge in [-0.15, -0.1) is 0 Å². The van der Waals surface area contributed by atoms with Crippen molar-refractivity contribution in [1.29, 1.82) is 0 Å². The molecule has 0 heterocycles. The van der Waals surface area contributed by atoms with E-state index in [0.717, 1.165) is 6.07 Å². The Bertz CT molecular complexity index is 666. The second kappa shape index (κ2) is 5.87. The molecular weight excluding hydrogens is 305 g/mol. The number of halogens is 3. The van der Waals surface area contributed by atoms with Crippen molar-refractivity contribution < 1.29 is 26.7 Å². The fourth-order valence-corrected chi connectivity index (χ4v) is 2.07. The first-order chi connectivity index (χ1) is 9.77. The van der Waals surface area contributed by atoms with Crippen molar-refractivity contribution >= 4 is 11.1 Å². The highest BCUT2D eigenvalue weighted by Crippen LogP contribution is 2.38. The maximum absolute atomic E-state index is 12.9. The molecule has 1 unspecified atom stereocenters. The highest BCUT2D eigenvalue weighted by molar-refractivity contribution is 7.79. The first-order valence-electron chi connectivity index (χ1n) is 5.84. The minimum Gasteiger partial charge on any atom is -0.457 e. The maximum Gasteiger partial charge on any atom is 0.419 e. The summed E-state index contributed by atoms with van der Waals surface area (Å²) in [6.45, 7) is 1.56. The highest BCUT2D eigenvalue weighted by atomic mass is 32.2. The van der Waals surface area contributed by atoms with Crippen LogP contribution < -0.4 is 4.74 Å². The molecule has 2 aromatic carbocycles. The Kier molecular flexibility index (Phi) is 4.34. The van der Waals surface area contributed by atoms with E-state index in [4.69, 9.17) is 9.29 Å². The molecule has 0 radical (unpaired) electrons. The predicted molar refractivity (Wildman–Crippen MR) is 71.7 cm³/mol. The van der Waals surface area contributed by atoms with Crippen LogP contribution in [0.3, 0.4) is 0 Å². The molecule has 0 spiro atoms. The van der Waals surface area contributed by atoms with Crippen LogP contribution in [0.2, 0.25) is 0 Å². The van der Waals surface area contributed by atoms with Crippen LogP contribution in [-0.2, 0) is 17.3 Å². The van der Waals surface area contributed by atoms with E-state index in [2.05, 4.69) is 0 Å². The molecule has 0 saturated carbocycles. The van der Waals surface area contributed by atoms with E-state index in [0.29, 0.717) is 5.56 Å². The summed E-state index contributed by atoms with van der Waals surface area (Å²) in [5.41, 5.74) is -0.391. The van der Waals surface area contributed by atoms with Crippen LogP contribution in [0.25, 0.3) is 0 Å². The van der Waals surface area contributed by atoms with E-state index in [-0.39, 0.29) is 16.4 Å². The van der Waals surface area contributed by atoms with Crippen molar-refractivity contribution in [3.05, 3.63) is 53.6 Å². The lowest BCUT2D eigenvalue weighted by atomic mass is 10.1. The summed E-state index contributed by atoms with van der Waals surface area (Å²) in [5, 5.41) is 0. The molecular formula is C14H11F3O3S. The van der Waals surface area contributed by atoms with Crippen molar-refractivity contribution in [2.45, 2.75) is 18.0 Å².